The van der Waals surface area contributed by atoms with Crippen LogP contribution in [-0.2, 0) is 13.0 Å². The van der Waals surface area contributed by atoms with Crippen molar-refractivity contribution >= 4 is 34.6 Å². The molecule has 0 aliphatic heterocycles. The summed E-state index contributed by atoms with van der Waals surface area (Å²) in [4.78, 5) is 4.67. The minimum atomic E-state index is 0.722. The molecule has 110 valence electrons. The van der Waals surface area contributed by atoms with Crippen molar-refractivity contribution in [2.45, 2.75) is 26.3 Å². The lowest BCUT2D eigenvalue weighted by Crippen LogP contribution is -2.00. The van der Waals surface area contributed by atoms with Crippen LogP contribution in [0.5, 0.6) is 5.75 Å². The summed E-state index contributed by atoms with van der Waals surface area (Å²) in [7, 11) is 0. The highest BCUT2D eigenvalue weighted by atomic mass is 32.1. The van der Waals surface area contributed by atoms with Crippen LogP contribution in [-0.4, -0.2) is 16.2 Å². The van der Waals surface area contributed by atoms with Gasteiger partial charge in [-0.25, -0.2) is 0 Å². The Hall–Kier alpha value is -1.59. The van der Waals surface area contributed by atoms with Gasteiger partial charge >= 0.3 is 0 Å². The molecule has 21 heavy (non-hydrogen) atoms. The third kappa shape index (κ3) is 3.04. The normalized spacial score (nSPS) is 11.1. The number of aromatic amines is 1. The molecule has 0 aliphatic rings. The monoisotopic (exact) mass is 318 g/mol. The van der Waals surface area contributed by atoms with E-state index in [9.17, 15) is 0 Å². The number of H-pyrrole nitrogens is 1. The number of para-hydroxylation sites is 1. The van der Waals surface area contributed by atoms with E-state index in [0.29, 0.717) is 0 Å². The second-order valence-corrected chi connectivity index (χ2v) is 6.33. The Kier molecular flexibility index (Phi) is 4.41. The Balaban J connectivity index is 1.91. The Morgan fingerprint density at radius 3 is 2.95 bits per heavy atom. The highest BCUT2D eigenvalue weighted by molar-refractivity contribution is 7.71. The molecule has 0 bridgehead atoms. The summed E-state index contributed by atoms with van der Waals surface area (Å²) in [5.74, 6) is 0.885. The van der Waals surface area contributed by atoms with Gasteiger partial charge in [-0.3, -0.25) is 0 Å². The maximum absolute atomic E-state index is 5.80. The number of fused-ring (bicyclic) bond motifs is 1. The number of aryl methyl sites for hydroxylation is 2. The second kappa shape index (κ2) is 6.45. The van der Waals surface area contributed by atoms with Gasteiger partial charge in [-0.05, 0) is 48.6 Å². The molecule has 0 atom stereocenters. The predicted molar refractivity (Wildman–Crippen MR) is 90.9 cm³/mol. The van der Waals surface area contributed by atoms with E-state index in [0.717, 1.165) is 47.5 Å². The molecule has 1 N–H and O–H groups in total. The summed E-state index contributed by atoms with van der Waals surface area (Å²) in [6.45, 7) is 3.71. The van der Waals surface area contributed by atoms with Gasteiger partial charge in [-0.15, -0.1) is 11.3 Å². The minimum Gasteiger partial charge on any atom is -0.491 e. The third-order valence-corrected chi connectivity index (χ3v) is 4.65. The van der Waals surface area contributed by atoms with Gasteiger partial charge in [-0.1, -0.05) is 19.1 Å². The molecule has 1 aromatic carbocycles. The minimum absolute atomic E-state index is 0.722. The average molecular weight is 318 g/mol. The van der Waals surface area contributed by atoms with Gasteiger partial charge in [0.15, 0.2) is 4.77 Å². The van der Waals surface area contributed by atoms with E-state index < -0.39 is 0 Å². The molecule has 3 aromatic rings. The fraction of sp³-hybridized carbons (Fsp3) is 0.312. The first-order valence-corrected chi connectivity index (χ1v) is 8.45. The zero-order valence-corrected chi connectivity index (χ0v) is 13.6. The molecule has 0 amide bonds. The lowest BCUT2D eigenvalue weighted by atomic mass is 10.3. The van der Waals surface area contributed by atoms with E-state index in [1.807, 2.05) is 12.1 Å². The van der Waals surface area contributed by atoms with Gasteiger partial charge in [0.05, 0.1) is 12.1 Å². The fourth-order valence-electron chi connectivity index (χ4n) is 2.39. The molecule has 0 saturated carbocycles. The van der Waals surface area contributed by atoms with Crippen LogP contribution in [0, 0.1) is 4.77 Å². The molecular weight excluding hydrogens is 300 g/mol. The van der Waals surface area contributed by atoms with Crippen LogP contribution in [0.4, 0.5) is 0 Å². The number of hydrogen-bond acceptors (Lipinski definition) is 3. The summed E-state index contributed by atoms with van der Waals surface area (Å²) in [6.07, 6.45) is 2.00. The first kappa shape index (κ1) is 14.4. The molecule has 0 unspecified atom stereocenters. The van der Waals surface area contributed by atoms with Crippen LogP contribution in [0.1, 0.15) is 18.2 Å². The second-order valence-electron chi connectivity index (χ2n) is 4.91. The van der Waals surface area contributed by atoms with Crippen molar-refractivity contribution in [1.29, 1.82) is 0 Å². The first-order chi connectivity index (χ1) is 10.3. The van der Waals surface area contributed by atoms with E-state index in [-0.39, 0.29) is 0 Å². The summed E-state index contributed by atoms with van der Waals surface area (Å²) in [6, 6.07) is 10.4. The zero-order chi connectivity index (χ0) is 14.7. The van der Waals surface area contributed by atoms with Crippen LogP contribution in [0.3, 0.4) is 0 Å². The van der Waals surface area contributed by atoms with Crippen LogP contribution < -0.4 is 4.74 Å². The van der Waals surface area contributed by atoms with E-state index in [1.165, 1.54) is 4.88 Å². The highest BCUT2D eigenvalue weighted by Gasteiger charge is 2.09. The van der Waals surface area contributed by atoms with E-state index in [2.05, 4.69) is 40.1 Å². The van der Waals surface area contributed by atoms with Crippen LogP contribution in [0.15, 0.2) is 35.7 Å². The lowest BCUT2D eigenvalue weighted by molar-refractivity contribution is 0.320. The van der Waals surface area contributed by atoms with Crippen molar-refractivity contribution in [3.8, 4) is 5.75 Å². The Bertz CT molecular complexity index is 771. The summed E-state index contributed by atoms with van der Waals surface area (Å²) in [5, 5.41) is 2.11. The summed E-state index contributed by atoms with van der Waals surface area (Å²) < 4.78 is 8.71. The molecule has 5 heteroatoms. The molecule has 0 aliphatic carbocycles. The maximum atomic E-state index is 5.80. The molecule has 0 fully saturated rings. The van der Waals surface area contributed by atoms with Gasteiger partial charge in [0.2, 0.25) is 0 Å². The van der Waals surface area contributed by atoms with Crippen molar-refractivity contribution in [1.82, 2.24) is 9.55 Å². The van der Waals surface area contributed by atoms with E-state index in [1.54, 1.807) is 11.3 Å². The summed E-state index contributed by atoms with van der Waals surface area (Å²) >= 11 is 7.26. The van der Waals surface area contributed by atoms with E-state index in [4.69, 9.17) is 17.0 Å². The fourth-order valence-corrected chi connectivity index (χ4v) is 3.37. The molecular formula is C16H18N2OS2. The zero-order valence-electron chi connectivity index (χ0n) is 12.0. The largest absolute Gasteiger partial charge is 0.491 e. The quantitative estimate of drug-likeness (QED) is 0.662. The molecule has 0 spiro atoms. The van der Waals surface area contributed by atoms with Crippen molar-refractivity contribution in [3.05, 3.63) is 45.4 Å². The molecule has 3 nitrogen and oxygen atoms in total. The molecule has 0 radical (unpaired) electrons. The number of nitrogens with zero attached hydrogens (tertiary/aromatic N) is 1. The number of imidazole rings is 1. The highest BCUT2D eigenvalue weighted by Crippen LogP contribution is 2.25. The van der Waals surface area contributed by atoms with Crippen LogP contribution in [0.25, 0.3) is 11.0 Å². The Morgan fingerprint density at radius 2 is 2.19 bits per heavy atom. The van der Waals surface area contributed by atoms with Gasteiger partial charge in [-0.2, -0.15) is 0 Å². The van der Waals surface area contributed by atoms with Crippen molar-refractivity contribution in [3.63, 3.8) is 0 Å². The number of ether oxygens (including phenoxy) is 1. The average Bonchev–Trinajstić information content (AvgIpc) is 3.10. The SMILES string of the molecule is CCCOc1cccc2c1[nH]c(=S)n2CCc1cccs1. The van der Waals surface area contributed by atoms with Gasteiger partial charge in [0.1, 0.15) is 11.3 Å². The summed E-state index contributed by atoms with van der Waals surface area (Å²) in [5.41, 5.74) is 2.12. The van der Waals surface area contributed by atoms with E-state index >= 15 is 0 Å². The number of aromatic nitrogens is 2. The van der Waals surface area contributed by atoms with Crippen molar-refractivity contribution < 1.29 is 4.74 Å². The van der Waals surface area contributed by atoms with Crippen molar-refractivity contribution in [2.24, 2.45) is 0 Å². The Labute approximate surface area is 133 Å². The van der Waals surface area contributed by atoms with Gasteiger partial charge in [0, 0.05) is 11.4 Å². The Morgan fingerprint density at radius 1 is 1.29 bits per heavy atom. The van der Waals surface area contributed by atoms with Crippen molar-refractivity contribution in [2.75, 3.05) is 6.61 Å². The van der Waals surface area contributed by atoms with Gasteiger partial charge in [0.25, 0.3) is 0 Å². The van der Waals surface area contributed by atoms with Crippen LogP contribution >= 0.6 is 23.6 Å². The number of thiophene rings is 1. The molecule has 3 rings (SSSR count). The number of benzene rings is 1. The molecule has 2 heterocycles. The maximum Gasteiger partial charge on any atom is 0.178 e. The van der Waals surface area contributed by atoms with Gasteiger partial charge < -0.3 is 14.3 Å². The molecule has 2 aromatic heterocycles. The standard InChI is InChI=1S/C16H18N2OS2/c1-2-10-19-14-7-3-6-13-15(14)17-16(20)18(13)9-8-12-5-4-11-21-12/h3-7,11H,2,8-10H2,1H3,(H,17,20). The smallest absolute Gasteiger partial charge is 0.178 e. The number of rotatable bonds is 6. The predicted octanol–water partition coefficient (Wildman–Crippen LogP) is 4.79. The number of nitrogens with one attached hydrogen (secondary N) is 1. The first-order valence-electron chi connectivity index (χ1n) is 7.16. The van der Waals surface area contributed by atoms with Crippen LogP contribution in [0.2, 0.25) is 0 Å². The molecule has 0 saturated heterocycles. The number of hydrogen-bond donors (Lipinski definition) is 1. The topological polar surface area (TPSA) is 29.9 Å². The lowest BCUT2D eigenvalue weighted by Gasteiger charge is -2.07. The third-order valence-electron chi connectivity index (χ3n) is 3.40.